The zero-order valence-corrected chi connectivity index (χ0v) is 13.5. The lowest BCUT2D eigenvalue weighted by Gasteiger charge is -2.11. The van der Waals surface area contributed by atoms with E-state index in [1.165, 1.54) is 28.4 Å². The standard InChI is InChI=1S/C14H16BrN3S/c1-9-16-17-14(18(9)2)8-19-13-7-6-10-11(13)4-3-5-12(10)15/h3-5,13H,6-8H2,1-2H3/t13-/m0/s1. The zero-order valence-electron chi connectivity index (χ0n) is 11.1. The summed E-state index contributed by atoms with van der Waals surface area (Å²) in [7, 11) is 2.03. The van der Waals surface area contributed by atoms with E-state index in [1.54, 1.807) is 0 Å². The van der Waals surface area contributed by atoms with E-state index in [0.717, 1.165) is 17.4 Å². The molecular formula is C14H16BrN3S. The first-order chi connectivity index (χ1) is 9.16. The van der Waals surface area contributed by atoms with Crippen molar-refractivity contribution in [1.82, 2.24) is 14.8 Å². The first-order valence-corrected chi connectivity index (χ1v) is 8.24. The molecule has 1 heterocycles. The van der Waals surface area contributed by atoms with Gasteiger partial charge in [0.15, 0.2) is 0 Å². The van der Waals surface area contributed by atoms with E-state index in [2.05, 4.69) is 48.9 Å². The molecule has 3 nitrogen and oxygen atoms in total. The fourth-order valence-corrected chi connectivity index (χ4v) is 4.36. The molecule has 0 spiro atoms. The molecule has 2 aromatic rings. The second kappa shape index (κ2) is 5.29. The van der Waals surface area contributed by atoms with Gasteiger partial charge in [-0.1, -0.05) is 28.1 Å². The molecule has 3 rings (SSSR count). The Balaban J connectivity index is 1.74. The lowest BCUT2D eigenvalue weighted by Crippen LogP contribution is -1.99. The summed E-state index contributed by atoms with van der Waals surface area (Å²) in [6, 6.07) is 6.53. The smallest absolute Gasteiger partial charge is 0.142 e. The molecule has 0 unspecified atom stereocenters. The van der Waals surface area contributed by atoms with Crippen LogP contribution in [0, 0.1) is 6.92 Å². The molecule has 1 aliphatic carbocycles. The summed E-state index contributed by atoms with van der Waals surface area (Å²) in [5, 5.41) is 8.93. The fraction of sp³-hybridized carbons (Fsp3) is 0.429. The van der Waals surface area contributed by atoms with Crippen molar-refractivity contribution in [1.29, 1.82) is 0 Å². The minimum absolute atomic E-state index is 0.588. The maximum Gasteiger partial charge on any atom is 0.142 e. The van der Waals surface area contributed by atoms with Gasteiger partial charge in [-0.3, -0.25) is 0 Å². The van der Waals surface area contributed by atoms with E-state index in [0.29, 0.717) is 5.25 Å². The molecule has 1 aromatic carbocycles. The number of fused-ring (bicyclic) bond motifs is 1. The minimum atomic E-state index is 0.588. The molecule has 19 heavy (non-hydrogen) atoms. The number of nitrogens with zero attached hydrogens (tertiary/aromatic N) is 3. The highest BCUT2D eigenvalue weighted by atomic mass is 79.9. The Hall–Kier alpha value is -0.810. The number of hydrogen-bond acceptors (Lipinski definition) is 3. The van der Waals surface area contributed by atoms with Crippen molar-refractivity contribution in [3.8, 4) is 0 Å². The van der Waals surface area contributed by atoms with E-state index >= 15 is 0 Å². The van der Waals surface area contributed by atoms with Crippen molar-refractivity contribution in [3.63, 3.8) is 0 Å². The number of aromatic nitrogens is 3. The lowest BCUT2D eigenvalue weighted by molar-refractivity contribution is 0.813. The number of aryl methyl sites for hydroxylation is 1. The maximum atomic E-state index is 4.23. The summed E-state index contributed by atoms with van der Waals surface area (Å²) in [6.07, 6.45) is 2.39. The van der Waals surface area contributed by atoms with Gasteiger partial charge in [-0.2, -0.15) is 0 Å². The van der Waals surface area contributed by atoms with Crippen molar-refractivity contribution in [2.45, 2.75) is 30.8 Å². The largest absolute Gasteiger partial charge is 0.318 e. The van der Waals surface area contributed by atoms with Crippen LogP contribution in [-0.2, 0) is 19.2 Å². The number of thioether (sulfide) groups is 1. The molecule has 0 bridgehead atoms. The normalized spacial score (nSPS) is 17.7. The summed E-state index contributed by atoms with van der Waals surface area (Å²) in [5.74, 6) is 2.96. The highest BCUT2D eigenvalue weighted by Gasteiger charge is 2.24. The van der Waals surface area contributed by atoms with Gasteiger partial charge >= 0.3 is 0 Å². The van der Waals surface area contributed by atoms with Gasteiger partial charge in [0.1, 0.15) is 11.6 Å². The fourth-order valence-electron chi connectivity index (χ4n) is 2.50. The molecule has 5 heteroatoms. The Bertz CT molecular complexity index is 609. The average Bonchev–Trinajstić information content (AvgIpc) is 2.95. The van der Waals surface area contributed by atoms with Crippen LogP contribution >= 0.6 is 27.7 Å². The van der Waals surface area contributed by atoms with Gasteiger partial charge in [-0.05, 0) is 37.0 Å². The van der Waals surface area contributed by atoms with Gasteiger partial charge in [0, 0.05) is 16.8 Å². The number of hydrogen-bond donors (Lipinski definition) is 0. The van der Waals surface area contributed by atoms with Crippen LogP contribution in [0.4, 0.5) is 0 Å². The van der Waals surface area contributed by atoms with E-state index in [-0.39, 0.29) is 0 Å². The predicted octanol–water partition coefficient (Wildman–Crippen LogP) is 3.81. The summed E-state index contributed by atoms with van der Waals surface area (Å²) >= 11 is 5.62. The lowest BCUT2D eigenvalue weighted by atomic mass is 10.1. The number of benzene rings is 1. The molecule has 0 N–H and O–H groups in total. The Labute approximate surface area is 125 Å². The van der Waals surface area contributed by atoms with Crippen LogP contribution in [0.5, 0.6) is 0 Å². The van der Waals surface area contributed by atoms with E-state index in [9.17, 15) is 0 Å². The van der Waals surface area contributed by atoms with Gasteiger partial charge in [0.05, 0.1) is 5.75 Å². The first-order valence-electron chi connectivity index (χ1n) is 6.40. The number of halogens is 1. The SMILES string of the molecule is Cc1nnc(CS[C@H]2CCc3c(Br)cccc32)n1C. The van der Waals surface area contributed by atoms with Crippen LogP contribution in [0.3, 0.4) is 0 Å². The maximum absolute atomic E-state index is 4.23. The molecule has 0 saturated heterocycles. The third kappa shape index (κ3) is 2.46. The van der Waals surface area contributed by atoms with Crippen LogP contribution in [0.25, 0.3) is 0 Å². The minimum Gasteiger partial charge on any atom is -0.318 e. The Morgan fingerprint density at radius 1 is 1.42 bits per heavy atom. The third-order valence-electron chi connectivity index (χ3n) is 3.75. The third-order valence-corrected chi connectivity index (χ3v) is 5.81. The van der Waals surface area contributed by atoms with Crippen molar-refractivity contribution in [2.24, 2.45) is 7.05 Å². The van der Waals surface area contributed by atoms with Gasteiger partial charge < -0.3 is 4.57 Å². The molecule has 1 atom stereocenters. The van der Waals surface area contributed by atoms with E-state index in [1.807, 2.05) is 25.7 Å². The van der Waals surface area contributed by atoms with E-state index < -0.39 is 0 Å². The summed E-state index contributed by atoms with van der Waals surface area (Å²) in [6.45, 7) is 1.99. The van der Waals surface area contributed by atoms with Gasteiger partial charge in [-0.15, -0.1) is 22.0 Å². The monoisotopic (exact) mass is 337 g/mol. The zero-order chi connectivity index (χ0) is 13.4. The molecule has 0 aliphatic heterocycles. The van der Waals surface area contributed by atoms with Crippen LogP contribution < -0.4 is 0 Å². The summed E-state index contributed by atoms with van der Waals surface area (Å²) in [5.41, 5.74) is 2.97. The van der Waals surface area contributed by atoms with Crippen LogP contribution in [-0.4, -0.2) is 14.8 Å². The molecule has 100 valence electrons. The van der Waals surface area contributed by atoms with Crippen LogP contribution in [0.15, 0.2) is 22.7 Å². The van der Waals surface area contributed by atoms with E-state index in [4.69, 9.17) is 0 Å². The van der Waals surface area contributed by atoms with Crippen LogP contribution in [0.2, 0.25) is 0 Å². The number of rotatable bonds is 3. The Kier molecular flexibility index (Phi) is 3.67. The summed E-state index contributed by atoms with van der Waals surface area (Å²) in [4.78, 5) is 0. The topological polar surface area (TPSA) is 30.7 Å². The molecule has 1 aromatic heterocycles. The van der Waals surface area contributed by atoms with Crippen LogP contribution in [0.1, 0.15) is 34.4 Å². The molecule has 1 aliphatic rings. The van der Waals surface area contributed by atoms with Crippen molar-refractivity contribution < 1.29 is 0 Å². The molecule has 0 fully saturated rings. The molecule has 0 saturated carbocycles. The highest BCUT2D eigenvalue weighted by molar-refractivity contribution is 9.10. The van der Waals surface area contributed by atoms with Crippen molar-refractivity contribution in [2.75, 3.05) is 0 Å². The highest BCUT2D eigenvalue weighted by Crippen LogP contribution is 2.44. The van der Waals surface area contributed by atoms with Crippen molar-refractivity contribution in [3.05, 3.63) is 45.4 Å². The Morgan fingerprint density at radius 2 is 2.26 bits per heavy atom. The van der Waals surface area contributed by atoms with Gasteiger partial charge in [0.25, 0.3) is 0 Å². The molecule has 0 amide bonds. The molecule has 0 radical (unpaired) electrons. The predicted molar refractivity (Wildman–Crippen MR) is 82.2 cm³/mol. The van der Waals surface area contributed by atoms with Crippen molar-refractivity contribution >= 4 is 27.7 Å². The average molecular weight is 338 g/mol. The Morgan fingerprint density at radius 3 is 3.00 bits per heavy atom. The second-order valence-electron chi connectivity index (χ2n) is 4.87. The van der Waals surface area contributed by atoms with Gasteiger partial charge in [0.2, 0.25) is 0 Å². The second-order valence-corrected chi connectivity index (χ2v) is 6.91. The summed E-state index contributed by atoms with van der Waals surface area (Å²) < 4.78 is 3.33. The quantitative estimate of drug-likeness (QED) is 0.853. The van der Waals surface area contributed by atoms with Gasteiger partial charge in [-0.25, -0.2) is 0 Å². The first kappa shape index (κ1) is 13.2. The molecular weight excluding hydrogens is 322 g/mol.